The van der Waals surface area contributed by atoms with Crippen molar-refractivity contribution >= 4 is 17.6 Å². The summed E-state index contributed by atoms with van der Waals surface area (Å²) in [6.07, 6.45) is 1.15. The number of amides is 1. The van der Waals surface area contributed by atoms with Crippen molar-refractivity contribution in [2.75, 3.05) is 18.1 Å². The van der Waals surface area contributed by atoms with Gasteiger partial charge in [0.15, 0.2) is 0 Å². The van der Waals surface area contributed by atoms with E-state index >= 15 is 0 Å². The van der Waals surface area contributed by atoms with Crippen LogP contribution >= 0.6 is 0 Å². The Morgan fingerprint density at radius 1 is 1.29 bits per heavy atom. The molecule has 0 radical (unpaired) electrons. The molecule has 2 aliphatic heterocycles. The van der Waals surface area contributed by atoms with E-state index < -0.39 is 17.6 Å². The smallest absolute Gasteiger partial charge is 0.327 e. The largest absolute Gasteiger partial charge is 0.480 e. The lowest BCUT2D eigenvalue weighted by molar-refractivity contribution is -0.141. The zero-order valence-corrected chi connectivity index (χ0v) is 11.6. The summed E-state index contributed by atoms with van der Waals surface area (Å²) >= 11 is 0. The first-order valence-electron chi connectivity index (χ1n) is 7.04. The molecule has 2 aliphatic rings. The topological polar surface area (TPSA) is 92.9 Å². The Labute approximate surface area is 122 Å². The van der Waals surface area contributed by atoms with Crippen LogP contribution in [-0.2, 0) is 20.7 Å². The number of rotatable bonds is 2. The number of benzene rings is 1. The number of aliphatic carboxylic acids is 1. The highest BCUT2D eigenvalue weighted by Gasteiger charge is 2.46. The van der Waals surface area contributed by atoms with Gasteiger partial charge in [0.1, 0.15) is 11.6 Å². The van der Waals surface area contributed by atoms with Crippen LogP contribution in [0.2, 0.25) is 0 Å². The number of fused-ring (bicyclic) bond motifs is 1. The molecule has 112 valence electrons. The fourth-order valence-electron chi connectivity index (χ4n) is 3.02. The number of carbonyl (C=O) groups excluding carboxylic acids is 1. The molecular formula is C15H18N2O4. The molecule has 0 spiro atoms. The minimum Gasteiger partial charge on any atom is -0.480 e. The fourth-order valence-corrected chi connectivity index (χ4v) is 3.02. The number of nitrogens with zero attached hydrogens (tertiary/aromatic N) is 1. The lowest BCUT2D eigenvalue weighted by Gasteiger charge is -2.36. The Hall–Kier alpha value is -1.92. The molecule has 6 nitrogen and oxygen atoms in total. The molecule has 3 N–H and O–H groups in total. The second-order valence-electron chi connectivity index (χ2n) is 5.63. The first-order valence-corrected chi connectivity index (χ1v) is 7.04. The number of para-hydroxylation sites is 1. The van der Waals surface area contributed by atoms with Gasteiger partial charge in [-0.1, -0.05) is 18.2 Å². The maximum atomic E-state index is 12.9. The average Bonchev–Trinajstić information content (AvgIpc) is 2.86. The van der Waals surface area contributed by atoms with Gasteiger partial charge < -0.3 is 15.6 Å². The van der Waals surface area contributed by atoms with Crippen molar-refractivity contribution in [1.82, 2.24) is 0 Å². The van der Waals surface area contributed by atoms with Crippen molar-refractivity contribution < 1.29 is 19.4 Å². The van der Waals surface area contributed by atoms with Gasteiger partial charge >= 0.3 is 5.97 Å². The summed E-state index contributed by atoms with van der Waals surface area (Å²) in [4.78, 5) is 25.8. The molecule has 0 unspecified atom stereocenters. The van der Waals surface area contributed by atoms with E-state index in [9.17, 15) is 14.7 Å². The van der Waals surface area contributed by atoms with Gasteiger partial charge in [0.25, 0.3) is 0 Å². The van der Waals surface area contributed by atoms with Crippen LogP contribution in [0.15, 0.2) is 24.3 Å². The number of ether oxygens (including phenoxy) is 1. The SMILES string of the molecule is NC1(C(=O)N2c3ccccc3C[C@H]2C(=O)O)CCOCC1. The van der Waals surface area contributed by atoms with E-state index in [1.54, 1.807) is 12.1 Å². The predicted octanol–water partition coefficient (Wildman–Crippen LogP) is 0.537. The lowest BCUT2D eigenvalue weighted by Crippen LogP contribution is -2.60. The van der Waals surface area contributed by atoms with Crippen molar-refractivity contribution in [3.63, 3.8) is 0 Å². The molecule has 1 amide bonds. The average molecular weight is 290 g/mol. The third-order valence-electron chi connectivity index (χ3n) is 4.29. The van der Waals surface area contributed by atoms with E-state index in [1.807, 2.05) is 12.1 Å². The van der Waals surface area contributed by atoms with E-state index in [4.69, 9.17) is 10.5 Å². The summed E-state index contributed by atoms with van der Waals surface area (Å²) in [5.41, 5.74) is 6.73. The minimum absolute atomic E-state index is 0.317. The third kappa shape index (κ3) is 2.30. The monoisotopic (exact) mass is 290 g/mol. The molecule has 1 atom stereocenters. The molecule has 0 aromatic heterocycles. The predicted molar refractivity (Wildman–Crippen MR) is 76.0 cm³/mol. The van der Waals surface area contributed by atoms with Gasteiger partial charge in [-0.15, -0.1) is 0 Å². The van der Waals surface area contributed by atoms with Crippen LogP contribution in [0.4, 0.5) is 5.69 Å². The maximum Gasteiger partial charge on any atom is 0.327 e. The highest BCUT2D eigenvalue weighted by Crippen LogP contribution is 2.35. The van der Waals surface area contributed by atoms with Crippen LogP contribution in [0.1, 0.15) is 18.4 Å². The van der Waals surface area contributed by atoms with Crippen molar-refractivity contribution in [2.24, 2.45) is 5.73 Å². The Morgan fingerprint density at radius 3 is 2.62 bits per heavy atom. The molecule has 1 saturated heterocycles. The van der Waals surface area contributed by atoms with E-state index in [0.29, 0.717) is 38.2 Å². The normalized spacial score (nSPS) is 23.7. The van der Waals surface area contributed by atoms with Crippen molar-refractivity contribution in [3.05, 3.63) is 29.8 Å². The molecule has 2 heterocycles. The number of hydrogen-bond donors (Lipinski definition) is 2. The van der Waals surface area contributed by atoms with Crippen LogP contribution in [0, 0.1) is 0 Å². The Bertz CT molecular complexity index is 581. The van der Waals surface area contributed by atoms with E-state index in [0.717, 1.165) is 5.56 Å². The molecule has 0 saturated carbocycles. The zero-order chi connectivity index (χ0) is 15.0. The summed E-state index contributed by atoms with van der Waals surface area (Å²) in [5, 5.41) is 9.43. The fraction of sp³-hybridized carbons (Fsp3) is 0.467. The zero-order valence-electron chi connectivity index (χ0n) is 11.6. The minimum atomic E-state index is -1.04. The number of carboxylic acid groups (broad SMARTS) is 1. The van der Waals surface area contributed by atoms with Crippen molar-refractivity contribution in [1.29, 1.82) is 0 Å². The van der Waals surface area contributed by atoms with Crippen LogP contribution in [-0.4, -0.2) is 41.8 Å². The Morgan fingerprint density at radius 2 is 1.95 bits per heavy atom. The second-order valence-corrected chi connectivity index (χ2v) is 5.63. The van der Waals surface area contributed by atoms with Crippen LogP contribution < -0.4 is 10.6 Å². The van der Waals surface area contributed by atoms with Crippen LogP contribution in [0.25, 0.3) is 0 Å². The number of carboxylic acids is 1. The van der Waals surface area contributed by atoms with Gasteiger partial charge in [-0.2, -0.15) is 0 Å². The number of nitrogens with two attached hydrogens (primary N) is 1. The quantitative estimate of drug-likeness (QED) is 0.829. The molecule has 1 fully saturated rings. The number of anilines is 1. The molecule has 3 rings (SSSR count). The van der Waals surface area contributed by atoms with Gasteiger partial charge in [0.05, 0.1) is 0 Å². The van der Waals surface area contributed by atoms with Crippen molar-refractivity contribution in [2.45, 2.75) is 30.8 Å². The summed E-state index contributed by atoms with van der Waals surface area (Å²) in [7, 11) is 0. The standard InChI is InChI=1S/C15H18N2O4/c16-15(5-7-21-8-6-15)14(20)17-11-4-2-1-3-10(11)9-12(17)13(18)19/h1-4,12H,5-9,16H2,(H,18,19)/t12-/m0/s1. The highest BCUT2D eigenvalue weighted by atomic mass is 16.5. The molecule has 0 bridgehead atoms. The van der Waals surface area contributed by atoms with Crippen molar-refractivity contribution in [3.8, 4) is 0 Å². The van der Waals surface area contributed by atoms with E-state index in [-0.39, 0.29) is 5.91 Å². The second kappa shape index (κ2) is 5.13. The Balaban J connectivity index is 1.97. The molecule has 21 heavy (non-hydrogen) atoms. The summed E-state index contributed by atoms with van der Waals surface area (Å²) in [6.45, 7) is 0.852. The van der Waals surface area contributed by atoms with Gasteiger partial charge in [0, 0.05) is 25.3 Å². The lowest BCUT2D eigenvalue weighted by atomic mass is 9.89. The number of hydrogen-bond acceptors (Lipinski definition) is 4. The van der Waals surface area contributed by atoms with Gasteiger partial charge in [0.2, 0.25) is 5.91 Å². The molecule has 1 aromatic rings. The summed E-state index contributed by atoms with van der Waals surface area (Å²) < 4.78 is 5.25. The first kappa shape index (κ1) is 14.0. The number of carbonyl (C=O) groups is 2. The molecule has 0 aliphatic carbocycles. The maximum absolute atomic E-state index is 12.9. The van der Waals surface area contributed by atoms with Crippen LogP contribution in [0.5, 0.6) is 0 Å². The molecule has 1 aromatic carbocycles. The Kier molecular flexibility index (Phi) is 3.43. The first-order chi connectivity index (χ1) is 10.0. The summed E-state index contributed by atoms with van der Waals surface area (Å²) in [6, 6.07) is 6.40. The van der Waals surface area contributed by atoms with Crippen LogP contribution in [0.3, 0.4) is 0 Å². The van der Waals surface area contributed by atoms with Gasteiger partial charge in [-0.05, 0) is 24.5 Å². The molecule has 6 heteroatoms. The third-order valence-corrected chi connectivity index (χ3v) is 4.29. The van der Waals surface area contributed by atoms with E-state index in [2.05, 4.69) is 0 Å². The highest BCUT2D eigenvalue weighted by molar-refractivity contribution is 6.06. The van der Waals surface area contributed by atoms with Gasteiger partial charge in [-0.3, -0.25) is 9.69 Å². The molecular weight excluding hydrogens is 272 g/mol. The van der Waals surface area contributed by atoms with Gasteiger partial charge in [-0.25, -0.2) is 4.79 Å². The van der Waals surface area contributed by atoms with E-state index in [1.165, 1.54) is 4.90 Å². The summed E-state index contributed by atoms with van der Waals surface area (Å²) in [5.74, 6) is -1.32.